The van der Waals surface area contributed by atoms with Gasteiger partial charge in [-0.3, -0.25) is 4.90 Å². The minimum absolute atomic E-state index is 0.625. The van der Waals surface area contributed by atoms with Crippen molar-refractivity contribution in [3.8, 4) is 0 Å². The Labute approximate surface area is 110 Å². The first-order chi connectivity index (χ1) is 8.88. The van der Waals surface area contributed by atoms with Crippen LogP contribution >= 0.6 is 0 Å². The summed E-state index contributed by atoms with van der Waals surface area (Å²) in [6.07, 6.45) is 6.66. The Balaban J connectivity index is 1.65. The molecular weight excluding hydrogens is 220 g/mol. The van der Waals surface area contributed by atoms with Crippen LogP contribution in [-0.2, 0) is 6.42 Å². The van der Waals surface area contributed by atoms with Gasteiger partial charge in [-0.05, 0) is 36.9 Å². The molecule has 1 aromatic rings. The van der Waals surface area contributed by atoms with Crippen molar-refractivity contribution in [2.75, 3.05) is 19.6 Å². The molecule has 0 bridgehead atoms. The standard InChI is InChI=1S/C16H24N2/c17-11-15-7-2-1-5-9-18(15)12-14-10-13-6-3-4-8-16(13)14/h3-4,6,8,14-15H,1-2,5,7,9-12,17H2. The van der Waals surface area contributed by atoms with E-state index in [1.54, 1.807) is 11.1 Å². The number of nitrogens with two attached hydrogens (primary N) is 1. The molecule has 0 aromatic heterocycles. The summed E-state index contributed by atoms with van der Waals surface area (Å²) in [6, 6.07) is 9.53. The summed E-state index contributed by atoms with van der Waals surface area (Å²) in [7, 11) is 0. The molecule has 2 nitrogen and oxygen atoms in total. The second-order valence-corrected chi connectivity index (χ2v) is 5.83. The quantitative estimate of drug-likeness (QED) is 0.885. The summed E-state index contributed by atoms with van der Waals surface area (Å²) in [6.45, 7) is 3.30. The van der Waals surface area contributed by atoms with Crippen LogP contribution in [0.3, 0.4) is 0 Å². The molecule has 3 rings (SSSR count). The van der Waals surface area contributed by atoms with Gasteiger partial charge in [-0.25, -0.2) is 0 Å². The monoisotopic (exact) mass is 244 g/mol. The molecule has 1 aromatic carbocycles. The van der Waals surface area contributed by atoms with Gasteiger partial charge in [0.1, 0.15) is 0 Å². The highest BCUT2D eigenvalue weighted by Crippen LogP contribution is 2.36. The van der Waals surface area contributed by atoms with E-state index in [4.69, 9.17) is 5.73 Å². The van der Waals surface area contributed by atoms with Crippen molar-refractivity contribution >= 4 is 0 Å². The summed E-state index contributed by atoms with van der Waals surface area (Å²) in [5.74, 6) is 0.758. The largest absolute Gasteiger partial charge is 0.329 e. The molecule has 2 atom stereocenters. The first-order valence-corrected chi connectivity index (χ1v) is 7.40. The Bertz CT molecular complexity index is 402. The number of benzene rings is 1. The summed E-state index contributed by atoms with van der Waals surface area (Å²) >= 11 is 0. The van der Waals surface area contributed by atoms with Crippen molar-refractivity contribution in [3.63, 3.8) is 0 Å². The van der Waals surface area contributed by atoms with Gasteiger partial charge in [-0.2, -0.15) is 0 Å². The molecule has 0 saturated carbocycles. The number of rotatable bonds is 3. The number of hydrogen-bond acceptors (Lipinski definition) is 2. The van der Waals surface area contributed by atoms with E-state index in [9.17, 15) is 0 Å². The van der Waals surface area contributed by atoms with Gasteiger partial charge >= 0.3 is 0 Å². The van der Waals surface area contributed by atoms with E-state index in [1.165, 1.54) is 45.2 Å². The van der Waals surface area contributed by atoms with Gasteiger partial charge < -0.3 is 5.73 Å². The third-order valence-electron chi connectivity index (χ3n) is 4.69. The van der Waals surface area contributed by atoms with E-state index in [2.05, 4.69) is 29.2 Å². The van der Waals surface area contributed by atoms with Crippen molar-refractivity contribution in [1.82, 2.24) is 4.90 Å². The smallest absolute Gasteiger partial charge is 0.0218 e. The van der Waals surface area contributed by atoms with Crippen LogP contribution in [0.2, 0.25) is 0 Å². The topological polar surface area (TPSA) is 29.3 Å². The van der Waals surface area contributed by atoms with Crippen LogP contribution in [0, 0.1) is 0 Å². The van der Waals surface area contributed by atoms with Gasteiger partial charge in [0.05, 0.1) is 0 Å². The molecule has 98 valence electrons. The van der Waals surface area contributed by atoms with Crippen molar-refractivity contribution in [2.24, 2.45) is 5.73 Å². The fourth-order valence-electron chi connectivity index (χ4n) is 3.55. The average molecular weight is 244 g/mol. The molecule has 0 radical (unpaired) electrons. The molecule has 2 unspecified atom stereocenters. The maximum absolute atomic E-state index is 5.95. The summed E-state index contributed by atoms with van der Waals surface area (Å²) in [5.41, 5.74) is 9.09. The van der Waals surface area contributed by atoms with Crippen LogP contribution < -0.4 is 5.73 Å². The average Bonchev–Trinajstić information content (AvgIpc) is 2.61. The van der Waals surface area contributed by atoms with Gasteiger partial charge in [0, 0.05) is 25.0 Å². The molecule has 2 aliphatic rings. The van der Waals surface area contributed by atoms with Crippen LogP contribution in [0.15, 0.2) is 24.3 Å². The number of likely N-dealkylation sites (tertiary alicyclic amines) is 1. The van der Waals surface area contributed by atoms with Crippen LogP contribution in [0.1, 0.15) is 42.7 Å². The van der Waals surface area contributed by atoms with Gasteiger partial charge in [0.15, 0.2) is 0 Å². The summed E-state index contributed by atoms with van der Waals surface area (Å²) < 4.78 is 0. The Morgan fingerprint density at radius 1 is 1.17 bits per heavy atom. The van der Waals surface area contributed by atoms with Crippen LogP contribution in [-0.4, -0.2) is 30.6 Å². The molecule has 0 spiro atoms. The molecule has 1 aliphatic heterocycles. The highest BCUT2D eigenvalue weighted by molar-refractivity contribution is 5.40. The van der Waals surface area contributed by atoms with Crippen LogP contribution in [0.5, 0.6) is 0 Å². The molecule has 0 amide bonds. The van der Waals surface area contributed by atoms with E-state index in [-0.39, 0.29) is 0 Å². The summed E-state index contributed by atoms with van der Waals surface area (Å²) in [4.78, 5) is 2.66. The fraction of sp³-hybridized carbons (Fsp3) is 0.625. The van der Waals surface area contributed by atoms with Gasteiger partial charge in [0.25, 0.3) is 0 Å². The molecule has 18 heavy (non-hydrogen) atoms. The molecule has 1 saturated heterocycles. The SMILES string of the molecule is NCC1CCCCCN1CC1Cc2ccccc21. The fourth-order valence-corrected chi connectivity index (χ4v) is 3.55. The number of fused-ring (bicyclic) bond motifs is 1. The minimum atomic E-state index is 0.625. The molecular formula is C16H24N2. The second-order valence-electron chi connectivity index (χ2n) is 5.83. The first kappa shape index (κ1) is 12.2. The molecule has 1 heterocycles. The maximum atomic E-state index is 5.95. The molecule has 1 fully saturated rings. The Kier molecular flexibility index (Phi) is 3.67. The Morgan fingerprint density at radius 2 is 2.06 bits per heavy atom. The summed E-state index contributed by atoms with van der Waals surface area (Å²) in [5, 5.41) is 0. The predicted molar refractivity (Wildman–Crippen MR) is 75.8 cm³/mol. The van der Waals surface area contributed by atoms with Crippen LogP contribution in [0.4, 0.5) is 0 Å². The van der Waals surface area contributed by atoms with E-state index in [0.29, 0.717) is 6.04 Å². The van der Waals surface area contributed by atoms with Gasteiger partial charge in [-0.15, -0.1) is 0 Å². The zero-order valence-corrected chi connectivity index (χ0v) is 11.1. The lowest BCUT2D eigenvalue weighted by molar-refractivity contribution is 0.186. The van der Waals surface area contributed by atoms with Crippen molar-refractivity contribution < 1.29 is 0 Å². The van der Waals surface area contributed by atoms with Gasteiger partial charge in [-0.1, -0.05) is 37.1 Å². The zero-order chi connectivity index (χ0) is 12.4. The number of nitrogens with zero attached hydrogens (tertiary/aromatic N) is 1. The highest BCUT2D eigenvalue weighted by atomic mass is 15.2. The minimum Gasteiger partial charge on any atom is -0.329 e. The van der Waals surface area contributed by atoms with E-state index < -0.39 is 0 Å². The first-order valence-electron chi connectivity index (χ1n) is 7.40. The third-order valence-corrected chi connectivity index (χ3v) is 4.69. The lowest BCUT2D eigenvalue weighted by Gasteiger charge is -2.37. The third kappa shape index (κ3) is 2.32. The Morgan fingerprint density at radius 3 is 2.89 bits per heavy atom. The molecule has 1 aliphatic carbocycles. The Hall–Kier alpha value is -0.860. The van der Waals surface area contributed by atoms with E-state index in [0.717, 1.165) is 12.5 Å². The zero-order valence-electron chi connectivity index (χ0n) is 11.1. The van der Waals surface area contributed by atoms with Crippen molar-refractivity contribution in [3.05, 3.63) is 35.4 Å². The highest BCUT2D eigenvalue weighted by Gasteiger charge is 2.29. The normalized spacial score (nSPS) is 28.3. The lowest BCUT2D eigenvalue weighted by atomic mass is 9.77. The second kappa shape index (κ2) is 5.41. The molecule has 2 N–H and O–H groups in total. The predicted octanol–water partition coefficient (Wildman–Crippen LogP) is 2.53. The van der Waals surface area contributed by atoms with Gasteiger partial charge in [0.2, 0.25) is 0 Å². The molecule has 2 heteroatoms. The lowest BCUT2D eigenvalue weighted by Crippen LogP contribution is -2.43. The van der Waals surface area contributed by atoms with Crippen molar-refractivity contribution in [1.29, 1.82) is 0 Å². The van der Waals surface area contributed by atoms with Crippen molar-refractivity contribution in [2.45, 2.75) is 44.1 Å². The van der Waals surface area contributed by atoms with E-state index in [1.807, 2.05) is 0 Å². The number of hydrogen-bond donors (Lipinski definition) is 1. The van der Waals surface area contributed by atoms with Crippen LogP contribution in [0.25, 0.3) is 0 Å². The maximum Gasteiger partial charge on any atom is 0.0218 e. The van der Waals surface area contributed by atoms with E-state index >= 15 is 0 Å².